The van der Waals surface area contributed by atoms with Crippen molar-refractivity contribution in [1.29, 1.82) is 0 Å². The van der Waals surface area contributed by atoms with E-state index in [1.54, 1.807) is 6.07 Å². The van der Waals surface area contributed by atoms with Crippen molar-refractivity contribution < 1.29 is 19.1 Å². The molecule has 1 atom stereocenters. The molecule has 108 valence electrons. The molecule has 1 unspecified atom stereocenters. The number of carboxylic acid groups (broad SMARTS) is 1. The van der Waals surface area contributed by atoms with Crippen LogP contribution in [0.3, 0.4) is 0 Å². The maximum absolute atomic E-state index is 12.4. The molecule has 0 radical (unpaired) electrons. The number of hydrogen-bond donors (Lipinski definition) is 1. The number of rotatable bonds is 3. The highest BCUT2D eigenvalue weighted by Crippen LogP contribution is 2.31. The molecule has 0 saturated carbocycles. The molecule has 0 aliphatic carbocycles. The van der Waals surface area contributed by atoms with Crippen LogP contribution in [-0.4, -0.2) is 53.0 Å². The summed E-state index contributed by atoms with van der Waals surface area (Å²) in [6.45, 7) is 2.57. The second kappa shape index (κ2) is 5.28. The third-order valence-electron chi connectivity index (χ3n) is 4.08. The Labute approximate surface area is 117 Å². The lowest BCUT2D eigenvalue weighted by Crippen LogP contribution is -2.47. The van der Waals surface area contributed by atoms with E-state index in [0.29, 0.717) is 30.8 Å². The fraction of sp³-hybridized carbons (Fsp3) is 0.571. The van der Waals surface area contributed by atoms with E-state index in [2.05, 4.69) is 4.90 Å². The summed E-state index contributed by atoms with van der Waals surface area (Å²) in [4.78, 5) is 27.5. The summed E-state index contributed by atoms with van der Waals surface area (Å²) in [5.74, 6) is -0.420. The summed E-state index contributed by atoms with van der Waals surface area (Å²) in [5.41, 5.74) is 0.610. The average molecular weight is 278 g/mol. The highest BCUT2D eigenvalue weighted by atomic mass is 16.4. The molecule has 6 heteroatoms. The van der Waals surface area contributed by atoms with Crippen LogP contribution in [0.1, 0.15) is 30.2 Å². The Balaban J connectivity index is 1.78. The summed E-state index contributed by atoms with van der Waals surface area (Å²) < 4.78 is 5.29. The van der Waals surface area contributed by atoms with E-state index in [1.165, 1.54) is 11.2 Å². The highest BCUT2D eigenvalue weighted by molar-refractivity contribution is 5.86. The van der Waals surface area contributed by atoms with E-state index in [0.717, 1.165) is 25.9 Å². The first-order valence-electron chi connectivity index (χ1n) is 6.97. The molecule has 2 aliphatic rings. The third kappa shape index (κ3) is 2.31. The number of carbonyl (C=O) groups excluding carboxylic acids is 1. The molecular weight excluding hydrogens is 260 g/mol. The molecule has 6 nitrogen and oxygen atoms in total. The van der Waals surface area contributed by atoms with Crippen LogP contribution in [0.4, 0.5) is 0 Å². The quantitative estimate of drug-likeness (QED) is 0.888. The number of nitrogens with zero attached hydrogens (tertiary/aromatic N) is 2. The molecule has 20 heavy (non-hydrogen) atoms. The first kappa shape index (κ1) is 13.2. The highest BCUT2D eigenvalue weighted by Gasteiger charge is 2.37. The van der Waals surface area contributed by atoms with E-state index >= 15 is 0 Å². The molecule has 3 rings (SSSR count). The van der Waals surface area contributed by atoms with Crippen LogP contribution in [0.5, 0.6) is 0 Å². The molecule has 1 N–H and O–H groups in total. The largest absolute Gasteiger partial charge is 0.479 e. The molecule has 1 aromatic heterocycles. The molecule has 2 aliphatic heterocycles. The normalized spacial score (nSPS) is 22.8. The van der Waals surface area contributed by atoms with Gasteiger partial charge in [-0.15, -0.1) is 0 Å². The van der Waals surface area contributed by atoms with Gasteiger partial charge < -0.3 is 14.4 Å². The number of hydrogen-bond acceptors (Lipinski definition) is 4. The van der Waals surface area contributed by atoms with Crippen molar-refractivity contribution in [2.45, 2.75) is 25.3 Å². The van der Waals surface area contributed by atoms with Crippen molar-refractivity contribution in [3.8, 4) is 0 Å². The van der Waals surface area contributed by atoms with Crippen LogP contribution >= 0.6 is 0 Å². The van der Waals surface area contributed by atoms with Crippen molar-refractivity contribution in [2.75, 3.05) is 26.2 Å². The third-order valence-corrected chi connectivity index (χ3v) is 4.08. The van der Waals surface area contributed by atoms with Gasteiger partial charge in [-0.05, 0) is 32.0 Å². The second-order valence-corrected chi connectivity index (χ2v) is 5.36. The smallest absolute Gasteiger partial charge is 0.331 e. The van der Waals surface area contributed by atoms with Gasteiger partial charge in [0.2, 0.25) is 5.91 Å². The lowest BCUT2D eigenvalue weighted by molar-refractivity contribution is -0.151. The number of amides is 1. The first-order valence-corrected chi connectivity index (χ1v) is 6.97. The van der Waals surface area contributed by atoms with Gasteiger partial charge in [0, 0.05) is 18.5 Å². The van der Waals surface area contributed by atoms with E-state index in [-0.39, 0.29) is 5.91 Å². The Morgan fingerprint density at radius 1 is 1.30 bits per heavy atom. The molecule has 3 heterocycles. The molecule has 0 aromatic carbocycles. The van der Waals surface area contributed by atoms with Crippen LogP contribution < -0.4 is 0 Å². The van der Waals surface area contributed by atoms with Crippen molar-refractivity contribution >= 4 is 11.9 Å². The van der Waals surface area contributed by atoms with E-state index in [9.17, 15) is 14.7 Å². The second-order valence-electron chi connectivity index (χ2n) is 5.36. The zero-order chi connectivity index (χ0) is 14.1. The summed E-state index contributed by atoms with van der Waals surface area (Å²) in [6.07, 6.45) is 4.30. The number of likely N-dealkylation sites (tertiary alicyclic amines) is 1. The van der Waals surface area contributed by atoms with Crippen molar-refractivity contribution in [3.63, 3.8) is 0 Å². The lowest BCUT2D eigenvalue weighted by Gasteiger charge is -2.33. The first-order chi connectivity index (χ1) is 9.66. The molecule has 1 fully saturated rings. The van der Waals surface area contributed by atoms with Crippen molar-refractivity contribution in [1.82, 2.24) is 9.80 Å². The number of furan rings is 1. The topological polar surface area (TPSA) is 74.0 Å². The van der Waals surface area contributed by atoms with Gasteiger partial charge in [0.1, 0.15) is 5.76 Å². The average Bonchev–Trinajstić information content (AvgIpc) is 3.06. The molecular formula is C14H18N2O4. The van der Waals surface area contributed by atoms with E-state index in [4.69, 9.17) is 4.42 Å². The minimum absolute atomic E-state index is 0.105. The molecule has 1 saturated heterocycles. The monoisotopic (exact) mass is 278 g/mol. The predicted molar refractivity (Wildman–Crippen MR) is 70.2 cm³/mol. The molecule has 1 aromatic rings. The predicted octanol–water partition coefficient (Wildman–Crippen LogP) is 0.886. The minimum Gasteiger partial charge on any atom is -0.479 e. The number of carboxylic acids is 1. The Kier molecular flexibility index (Phi) is 3.48. The van der Waals surface area contributed by atoms with Crippen molar-refractivity contribution in [3.05, 3.63) is 23.7 Å². The van der Waals surface area contributed by atoms with Crippen molar-refractivity contribution in [2.24, 2.45) is 0 Å². The molecule has 1 amide bonds. The number of carbonyl (C=O) groups is 2. The van der Waals surface area contributed by atoms with Crippen LogP contribution in [-0.2, 0) is 16.0 Å². The Hall–Kier alpha value is -1.82. The van der Waals surface area contributed by atoms with Gasteiger partial charge in [0.05, 0.1) is 12.8 Å². The summed E-state index contributed by atoms with van der Waals surface area (Å²) in [5, 5.41) is 9.43. The number of fused-ring (bicyclic) bond motifs is 1. The Bertz CT molecular complexity index is 519. The fourth-order valence-electron chi connectivity index (χ4n) is 3.07. The lowest BCUT2D eigenvalue weighted by atomic mass is 9.99. The van der Waals surface area contributed by atoms with Gasteiger partial charge in [-0.25, -0.2) is 4.79 Å². The van der Waals surface area contributed by atoms with Crippen LogP contribution in [0.2, 0.25) is 0 Å². The zero-order valence-corrected chi connectivity index (χ0v) is 11.2. The van der Waals surface area contributed by atoms with Crippen LogP contribution in [0, 0.1) is 0 Å². The van der Waals surface area contributed by atoms with Gasteiger partial charge in [0.15, 0.2) is 6.04 Å². The fourth-order valence-corrected chi connectivity index (χ4v) is 3.07. The zero-order valence-electron chi connectivity index (χ0n) is 11.2. The number of aliphatic carboxylic acids is 1. The maximum Gasteiger partial charge on any atom is 0.331 e. The summed E-state index contributed by atoms with van der Waals surface area (Å²) in [7, 11) is 0. The van der Waals surface area contributed by atoms with Crippen LogP contribution in [0.15, 0.2) is 16.7 Å². The Morgan fingerprint density at radius 2 is 2.05 bits per heavy atom. The maximum atomic E-state index is 12.4. The van der Waals surface area contributed by atoms with Gasteiger partial charge in [-0.2, -0.15) is 0 Å². The SMILES string of the molecule is O=C(O)C1c2ccoc2CCN1C(=O)CN1CCCC1. The Morgan fingerprint density at radius 3 is 2.75 bits per heavy atom. The molecule has 0 spiro atoms. The van der Waals surface area contributed by atoms with Gasteiger partial charge >= 0.3 is 5.97 Å². The summed E-state index contributed by atoms with van der Waals surface area (Å²) >= 11 is 0. The summed E-state index contributed by atoms with van der Waals surface area (Å²) in [6, 6.07) is 0.747. The van der Waals surface area contributed by atoms with Gasteiger partial charge in [-0.3, -0.25) is 9.69 Å². The minimum atomic E-state index is -0.998. The van der Waals surface area contributed by atoms with E-state index < -0.39 is 12.0 Å². The standard InChI is InChI=1S/C14H18N2O4/c17-12(9-15-5-1-2-6-15)16-7-3-11-10(4-8-20-11)13(16)14(18)19/h4,8,13H,1-3,5-7,9H2,(H,18,19). The van der Waals surface area contributed by atoms with Crippen LogP contribution in [0.25, 0.3) is 0 Å². The van der Waals surface area contributed by atoms with Gasteiger partial charge in [-0.1, -0.05) is 0 Å². The van der Waals surface area contributed by atoms with E-state index in [1.807, 2.05) is 0 Å². The molecule has 0 bridgehead atoms. The van der Waals surface area contributed by atoms with Gasteiger partial charge in [0.25, 0.3) is 0 Å².